The summed E-state index contributed by atoms with van der Waals surface area (Å²) in [5.74, 6) is 0.970. The van der Waals surface area contributed by atoms with Crippen LogP contribution in [0.4, 0.5) is 0 Å². The summed E-state index contributed by atoms with van der Waals surface area (Å²) in [6.07, 6.45) is 8.68. The molecule has 3 rings (SSSR count). The molecule has 1 saturated carbocycles. The Balaban J connectivity index is 2.31. The number of nitrogens with zero attached hydrogens (tertiary/aromatic N) is 1. The maximum Gasteiger partial charge on any atom is 0.163 e. The largest absolute Gasteiger partial charge is 0.357 e. The monoisotopic (exact) mass is 133 g/mol. The summed E-state index contributed by atoms with van der Waals surface area (Å²) < 4.78 is 5.01. The lowest BCUT2D eigenvalue weighted by Gasteiger charge is -1.97. The van der Waals surface area contributed by atoms with Crippen molar-refractivity contribution in [1.82, 2.24) is 5.16 Å². The summed E-state index contributed by atoms with van der Waals surface area (Å²) in [6.45, 7) is 0. The first-order valence-electron chi connectivity index (χ1n) is 3.55. The third-order valence-corrected chi connectivity index (χ3v) is 2.48. The van der Waals surface area contributed by atoms with E-state index in [1.165, 1.54) is 18.4 Å². The minimum atomic E-state index is 0.370. The molecular weight excluding hydrogens is 126 g/mol. The van der Waals surface area contributed by atoms with Crippen LogP contribution in [-0.4, -0.2) is 5.16 Å². The lowest BCUT2D eigenvalue weighted by molar-refractivity contribution is 0.412. The number of allylic oxidation sites excluding steroid dienone is 1. The summed E-state index contributed by atoms with van der Waals surface area (Å²) in [7, 11) is 0. The Labute approximate surface area is 58.5 Å². The Hall–Kier alpha value is -1.05. The summed E-state index contributed by atoms with van der Waals surface area (Å²) in [5, 5.41) is 3.75. The fraction of sp³-hybridized carbons (Fsp3) is 0.375. The summed E-state index contributed by atoms with van der Waals surface area (Å²) in [5.41, 5.74) is 1.67. The maximum absolute atomic E-state index is 5.01. The van der Waals surface area contributed by atoms with Gasteiger partial charge in [-0.1, -0.05) is 11.2 Å². The van der Waals surface area contributed by atoms with Crippen LogP contribution >= 0.6 is 0 Å². The molecule has 0 atom stereocenters. The number of hydrogen-bond donors (Lipinski definition) is 0. The molecule has 2 aliphatic carbocycles. The van der Waals surface area contributed by atoms with Crippen molar-refractivity contribution >= 4 is 6.08 Å². The molecule has 0 radical (unpaired) electrons. The third kappa shape index (κ3) is 0.365. The second-order valence-corrected chi connectivity index (χ2v) is 3.09. The molecule has 2 nitrogen and oxygen atoms in total. The van der Waals surface area contributed by atoms with E-state index in [0.29, 0.717) is 5.41 Å². The number of hydrogen-bond acceptors (Lipinski definition) is 2. The molecule has 2 heteroatoms. The highest BCUT2D eigenvalue weighted by atomic mass is 16.5. The van der Waals surface area contributed by atoms with E-state index in [2.05, 4.69) is 11.2 Å². The van der Waals surface area contributed by atoms with E-state index >= 15 is 0 Å². The first-order chi connectivity index (χ1) is 4.91. The van der Waals surface area contributed by atoms with Gasteiger partial charge in [0.1, 0.15) is 0 Å². The quantitative estimate of drug-likeness (QED) is 0.538. The van der Waals surface area contributed by atoms with E-state index in [1.807, 2.05) is 12.3 Å². The Morgan fingerprint density at radius 3 is 3.20 bits per heavy atom. The van der Waals surface area contributed by atoms with Gasteiger partial charge < -0.3 is 4.52 Å². The van der Waals surface area contributed by atoms with Gasteiger partial charge in [0.25, 0.3) is 0 Å². The Bertz CT molecular complexity index is 307. The molecule has 0 aliphatic heterocycles. The normalized spacial score (nSPS) is 23.6. The average Bonchev–Trinajstić information content (AvgIpc) is 2.40. The Morgan fingerprint density at radius 2 is 2.40 bits per heavy atom. The first kappa shape index (κ1) is 4.72. The third-order valence-electron chi connectivity index (χ3n) is 2.48. The lowest BCUT2D eigenvalue weighted by atomic mass is 10.0. The van der Waals surface area contributed by atoms with Crippen molar-refractivity contribution in [3.8, 4) is 0 Å². The molecule has 0 bridgehead atoms. The van der Waals surface area contributed by atoms with Crippen LogP contribution in [0, 0.1) is 0 Å². The van der Waals surface area contributed by atoms with Gasteiger partial charge in [0.15, 0.2) is 5.76 Å². The molecule has 1 aromatic rings. The van der Waals surface area contributed by atoms with Crippen LogP contribution in [0.25, 0.3) is 6.08 Å². The molecular formula is C8H7NO. The van der Waals surface area contributed by atoms with Crippen molar-refractivity contribution in [2.75, 3.05) is 0 Å². The van der Waals surface area contributed by atoms with Crippen LogP contribution in [-0.2, 0) is 5.41 Å². The topological polar surface area (TPSA) is 26.0 Å². The summed E-state index contributed by atoms with van der Waals surface area (Å²) in [4.78, 5) is 0. The highest BCUT2D eigenvalue weighted by Gasteiger charge is 2.47. The minimum Gasteiger partial charge on any atom is -0.357 e. The highest BCUT2D eigenvalue weighted by Crippen LogP contribution is 2.54. The molecule has 1 spiro atoms. The molecule has 0 saturated heterocycles. The van der Waals surface area contributed by atoms with Gasteiger partial charge in [-0.15, -0.1) is 0 Å². The van der Waals surface area contributed by atoms with E-state index in [9.17, 15) is 0 Å². The first-order valence-corrected chi connectivity index (χ1v) is 3.55. The van der Waals surface area contributed by atoms with Crippen molar-refractivity contribution < 1.29 is 4.52 Å². The predicted octanol–water partition coefficient (Wildman–Crippen LogP) is 1.73. The Kier molecular flexibility index (Phi) is 0.562. The standard InChI is InChI=1S/C8H7NO/c1-2-8(3-4-8)6-5-9-10-7(1)6/h1-2,5H,3-4H2. The lowest BCUT2D eigenvalue weighted by Crippen LogP contribution is -1.95. The van der Waals surface area contributed by atoms with Crippen LogP contribution in [0.15, 0.2) is 16.8 Å². The van der Waals surface area contributed by atoms with E-state index in [-0.39, 0.29) is 0 Å². The van der Waals surface area contributed by atoms with Crippen LogP contribution in [0.5, 0.6) is 0 Å². The van der Waals surface area contributed by atoms with Crippen molar-refractivity contribution in [1.29, 1.82) is 0 Å². The molecule has 10 heavy (non-hydrogen) atoms. The zero-order valence-corrected chi connectivity index (χ0v) is 5.50. The molecule has 2 aliphatic rings. The second-order valence-electron chi connectivity index (χ2n) is 3.09. The van der Waals surface area contributed by atoms with E-state index in [1.54, 1.807) is 0 Å². The molecule has 0 unspecified atom stereocenters. The molecule has 50 valence electrons. The molecule has 0 amide bonds. The predicted molar refractivity (Wildman–Crippen MR) is 36.4 cm³/mol. The molecule has 1 fully saturated rings. The van der Waals surface area contributed by atoms with Crippen molar-refractivity contribution in [3.05, 3.63) is 23.6 Å². The van der Waals surface area contributed by atoms with Gasteiger partial charge in [0.05, 0.1) is 6.20 Å². The number of fused-ring (bicyclic) bond motifs is 2. The van der Waals surface area contributed by atoms with Gasteiger partial charge in [-0.25, -0.2) is 0 Å². The molecule has 0 aromatic carbocycles. The highest BCUT2D eigenvalue weighted by molar-refractivity contribution is 5.62. The molecule has 1 heterocycles. The van der Waals surface area contributed by atoms with Crippen LogP contribution in [0.3, 0.4) is 0 Å². The van der Waals surface area contributed by atoms with E-state index in [0.717, 1.165) is 5.76 Å². The minimum absolute atomic E-state index is 0.370. The van der Waals surface area contributed by atoms with Crippen molar-refractivity contribution in [2.24, 2.45) is 0 Å². The number of rotatable bonds is 0. The van der Waals surface area contributed by atoms with Crippen LogP contribution in [0.2, 0.25) is 0 Å². The van der Waals surface area contributed by atoms with Gasteiger partial charge in [-0.05, 0) is 18.9 Å². The van der Waals surface area contributed by atoms with Gasteiger partial charge in [-0.2, -0.15) is 0 Å². The van der Waals surface area contributed by atoms with Crippen molar-refractivity contribution in [2.45, 2.75) is 18.3 Å². The summed E-state index contributed by atoms with van der Waals surface area (Å²) >= 11 is 0. The molecule has 1 aromatic heterocycles. The molecule has 0 N–H and O–H groups in total. The zero-order valence-electron chi connectivity index (χ0n) is 5.50. The number of aromatic nitrogens is 1. The van der Waals surface area contributed by atoms with Gasteiger partial charge >= 0.3 is 0 Å². The fourth-order valence-electron chi connectivity index (χ4n) is 1.64. The Morgan fingerprint density at radius 1 is 1.50 bits per heavy atom. The SMILES string of the molecule is C1=CC2(CC2)c2cnoc21. The zero-order chi connectivity index (χ0) is 6.60. The van der Waals surface area contributed by atoms with Crippen molar-refractivity contribution in [3.63, 3.8) is 0 Å². The summed E-state index contributed by atoms with van der Waals surface area (Å²) in [6, 6.07) is 0. The van der Waals surface area contributed by atoms with E-state index < -0.39 is 0 Å². The van der Waals surface area contributed by atoms with Gasteiger partial charge in [0.2, 0.25) is 0 Å². The van der Waals surface area contributed by atoms with Crippen LogP contribution < -0.4 is 0 Å². The van der Waals surface area contributed by atoms with Gasteiger partial charge in [-0.3, -0.25) is 0 Å². The van der Waals surface area contributed by atoms with Gasteiger partial charge in [0, 0.05) is 11.0 Å². The van der Waals surface area contributed by atoms with Crippen LogP contribution in [0.1, 0.15) is 24.2 Å². The van der Waals surface area contributed by atoms with E-state index in [4.69, 9.17) is 4.52 Å². The average molecular weight is 133 g/mol. The second kappa shape index (κ2) is 1.19. The maximum atomic E-state index is 5.01. The fourth-order valence-corrected chi connectivity index (χ4v) is 1.64. The smallest absolute Gasteiger partial charge is 0.163 e.